The topological polar surface area (TPSA) is 23.6 Å². The molecule has 1 unspecified atom stereocenters. The van der Waals surface area contributed by atoms with Gasteiger partial charge in [0.15, 0.2) is 0 Å². The molecule has 2 rings (SSSR count). The summed E-state index contributed by atoms with van der Waals surface area (Å²) in [5.41, 5.74) is 0.0358. The maximum Gasteiger partial charge on any atom is 0.229 e. The zero-order valence-corrected chi connectivity index (χ0v) is 14.4. The first-order valence-corrected chi connectivity index (χ1v) is 8.00. The fourth-order valence-electron chi connectivity index (χ4n) is 4.14. The first-order valence-electron chi connectivity index (χ1n) is 8.00. The third kappa shape index (κ3) is 2.01. The van der Waals surface area contributed by atoms with Crippen molar-refractivity contribution in [3.05, 3.63) is 0 Å². The minimum absolute atomic E-state index is 0.110. The van der Waals surface area contributed by atoms with Crippen LogP contribution in [0.2, 0.25) is 0 Å². The number of hydrogen-bond donors (Lipinski definition) is 0. The highest BCUT2D eigenvalue weighted by Crippen LogP contribution is 2.78. The van der Waals surface area contributed by atoms with Crippen LogP contribution in [0, 0.1) is 22.2 Å². The minimum Gasteiger partial charge on any atom is -0.342 e. The molecule has 1 saturated carbocycles. The smallest absolute Gasteiger partial charge is 0.229 e. The number of nitrogens with zero attached hydrogens (tertiary/aromatic N) is 2. The average Bonchev–Trinajstić information content (AvgIpc) is 2.76. The van der Waals surface area contributed by atoms with E-state index in [1.54, 1.807) is 0 Å². The highest BCUT2D eigenvalue weighted by molar-refractivity contribution is 5.88. The Kier molecular flexibility index (Phi) is 3.73. The Morgan fingerprint density at radius 3 is 2.15 bits per heavy atom. The zero-order chi connectivity index (χ0) is 15.3. The van der Waals surface area contributed by atoms with Gasteiger partial charge in [0.05, 0.1) is 5.41 Å². The molecule has 1 aliphatic heterocycles. The van der Waals surface area contributed by atoms with Gasteiger partial charge >= 0.3 is 0 Å². The average molecular weight is 280 g/mol. The number of amides is 1. The molecule has 1 aliphatic carbocycles. The molecule has 0 spiro atoms. The Bertz CT molecular complexity index is 384. The van der Waals surface area contributed by atoms with Crippen molar-refractivity contribution in [2.24, 2.45) is 22.2 Å². The van der Waals surface area contributed by atoms with E-state index in [1.807, 2.05) is 0 Å². The number of hydrogen-bond acceptors (Lipinski definition) is 2. The summed E-state index contributed by atoms with van der Waals surface area (Å²) in [5, 5.41) is 0. The van der Waals surface area contributed by atoms with Gasteiger partial charge in [-0.25, -0.2) is 0 Å². The third-order valence-electron chi connectivity index (χ3n) is 6.99. The molecule has 1 heterocycles. The molecular formula is C17H32N2O. The largest absolute Gasteiger partial charge is 0.342 e. The Hall–Kier alpha value is -0.570. The standard InChI is InChI=1S/C17H32N2O/c1-15(2)16(3,4)17(15,5)14(20)19-11-9-13(12-19)8-10-18(6)7/h13H,8-12H2,1-7H3. The molecule has 116 valence electrons. The van der Waals surface area contributed by atoms with Gasteiger partial charge in [-0.05, 0) is 57.2 Å². The van der Waals surface area contributed by atoms with Gasteiger partial charge in [0.25, 0.3) is 0 Å². The van der Waals surface area contributed by atoms with Crippen molar-refractivity contribution in [3.8, 4) is 0 Å². The normalized spacial score (nSPS) is 29.8. The zero-order valence-electron chi connectivity index (χ0n) is 14.4. The number of carbonyl (C=O) groups excluding carboxylic acids is 1. The van der Waals surface area contributed by atoms with E-state index >= 15 is 0 Å². The van der Waals surface area contributed by atoms with Crippen LogP contribution in [0.4, 0.5) is 0 Å². The van der Waals surface area contributed by atoms with Crippen LogP contribution in [0.25, 0.3) is 0 Å². The maximum atomic E-state index is 13.0. The molecule has 0 bridgehead atoms. The molecular weight excluding hydrogens is 248 g/mol. The number of carbonyl (C=O) groups is 1. The lowest BCUT2D eigenvalue weighted by Crippen LogP contribution is -2.37. The van der Waals surface area contributed by atoms with Crippen molar-refractivity contribution in [3.63, 3.8) is 0 Å². The molecule has 0 aromatic carbocycles. The Balaban J connectivity index is 1.96. The van der Waals surface area contributed by atoms with Gasteiger partial charge in [0.1, 0.15) is 0 Å². The van der Waals surface area contributed by atoms with E-state index in [-0.39, 0.29) is 16.2 Å². The Labute approximate surface area is 124 Å². The molecule has 20 heavy (non-hydrogen) atoms. The molecule has 2 fully saturated rings. The van der Waals surface area contributed by atoms with Gasteiger partial charge in [-0.1, -0.05) is 27.7 Å². The van der Waals surface area contributed by atoms with Crippen molar-refractivity contribution < 1.29 is 4.79 Å². The number of likely N-dealkylation sites (tertiary alicyclic amines) is 1. The molecule has 0 aromatic heterocycles. The van der Waals surface area contributed by atoms with Gasteiger partial charge in [0.2, 0.25) is 5.91 Å². The molecule has 0 radical (unpaired) electrons. The van der Waals surface area contributed by atoms with E-state index in [0.29, 0.717) is 11.8 Å². The molecule has 1 saturated heterocycles. The fraction of sp³-hybridized carbons (Fsp3) is 0.941. The summed E-state index contributed by atoms with van der Waals surface area (Å²) >= 11 is 0. The lowest BCUT2D eigenvalue weighted by molar-refractivity contribution is -0.137. The van der Waals surface area contributed by atoms with E-state index < -0.39 is 0 Å². The fourth-order valence-corrected chi connectivity index (χ4v) is 4.14. The van der Waals surface area contributed by atoms with Crippen LogP contribution in [0.3, 0.4) is 0 Å². The van der Waals surface area contributed by atoms with Gasteiger partial charge in [-0.2, -0.15) is 0 Å². The van der Waals surface area contributed by atoms with Crippen molar-refractivity contribution >= 4 is 5.91 Å². The van der Waals surface area contributed by atoms with Crippen LogP contribution in [-0.4, -0.2) is 49.4 Å². The Morgan fingerprint density at radius 2 is 1.70 bits per heavy atom. The van der Waals surface area contributed by atoms with E-state index in [1.165, 1.54) is 12.8 Å². The quantitative estimate of drug-likeness (QED) is 0.790. The highest BCUT2D eigenvalue weighted by atomic mass is 16.2. The summed E-state index contributed by atoms with van der Waals surface area (Å²) < 4.78 is 0. The minimum atomic E-state index is -0.184. The van der Waals surface area contributed by atoms with E-state index in [4.69, 9.17) is 0 Å². The van der Waals surface area contributed by atoms with Gasteiger partial charge in [-0.15, -0.1) is 0 Å². The molecule has 2 aliphatic rings. The summed E-state index contributed by atoms with van der Waals surface area (Å²) in [7, 11) is 4.24. The summed E-state index contributed by atoms with van der Waals surface area (Å²) in [6.45, 7) is 14.2. The number of rotatable bonds is 4. The monoisotopic (exact) mass is 280 g/mol. The third-order valence-corrected chi connectivity index (χ3v) is 6.99. The summed E-state index contributed by atoms with van der Waals surface area (Å²) in [4.78, 5) is 17.3. The first-order chi connectivity index (χ1) is 9.05. The predicted molar refractivity (Wildman–Crippen MR) is 83.5 cm³/mol. The van der Waals surface area contributed by atoms with Crippen molar-refractivity contribution in [1.29, 1.82) is 0 Å². The van der Waals surface area contributed by atoms with Gasteiger partial charge in [0, 0.05) is 13.1 Å². The van der Waals surface area contributed by atoms with Crippen molar-refractivity contribution in [1.82, 2.24) is 9.80 Å². The second kappa shape index (κ2) is 4.72. The van der Waals surface area contributed by atoms with Crippen LogP contribution in [0.1, 0.15) is 47.5 Å². The highest BCUT2D eigenvalue weighted by Gasteiger charge is 2.78. The van der Waals surface area contributed by atoms with Gasteiger partial charge < -0.3 is 9.80 Å². The van der Waals surface area contributed by atoms with Gasteiger partial charge in [-0.3, -0.25) is 4.79 Å². The molecule has 1 amide bonds. The summed E-state index contributed by atoms with van der Waals surface area (Å²) in [6, 6.07) is 0. The molecule has 1 atom stereocenters. The SMILES string of the molecule is CN(C)CCC1CCN(C(=O)C2(C)C(C)(C)C2(C)C)C1. The van der Waals surface area contributed by atoms with Crippen molar-refractivity contribution in [2.75, 3.05) is 33.7 Å². The molecule has 0 aromatic rings. The van der Waals surface area contributed by atoms with E-state index in [9.17, 15) is 4.79 Å². The molecule has 0 N–H and O–H groups in total. The van der Waals surface area contributed by atoms with Crippen molar-refractivity contribution in [2.45, 2.75) is 47.5 Å². The lowest BCUT2D eigenvalue weighted by Gasteiger charge is -2.24. The van der Waals surface area contributed by atoms with E-state index in [0.717, 1.165) is 19.6 Å². The van der Waals surface area contributed by atoms with Crippen LogP contribution in [0.5, 0.6) is 0 Å². The predicted octanol–water partition coefficient (Wildman–Crippen LogP) is 2.86. The van der Waals surface area contributed by atoms with Crippen LogP contribution in [0.15, 0.2) is 0 Å². The molecule has 3 heteroatoms. The maximum absolute atomic E-state index is 13.0. The van der Waals surface area contributed by atoms with E-state index in [2.05, 4.69) is 58.5 Å². The second-order valence-electron chi connectivity index (χ2n) is 8.37. The lowest BCUT2D eigenvalue weighted by atomic mass is 9.95. The second-order valence-corrected chi connectivity index (χ2v) is 8.37. The first kappa shape index (κ1) is 15.8. The summed E-state index contributed by atoms with van der Waals surface area (Å²) in [6.07, 6.45) is 2.39. The molecule has 3 nitrogen and oxygen atoms in total. The summed E-state index contributed by atoms with van der Waals surface area (Å²) in [5.74, 6) is 1.08. The van der Waals surface area contributed by atoms with Crippen LogP contribution >= 0.6 is 0 Å². The van der Waals surface area contributed by atoms with Crippen LogP contribution in [-0.2, 0) is 4.79 Å². The van der Waals surface area contributed by atoms with Crippen LogP contribution < -0.4 is 0 Å². The Morgan fingerprint density at radius 1 is 1.15 bits per heavy atom.